The normalized spacial score (nSPS) is 19.2. The van der Waals surface area contributed by atoms with Crippen LogP contribution in [0.5, 0.6) is 11.5 Å². The number of carbonyl (C=O) groups is 2. The van der Waals surface area contributed by atoms with E-state index in [1.807, 2.05) is 26.0 Å². The number of aromatic nitrogens is 3. The van der Waals surface area contributed by atoms with E-state index in [0.29, 0.717) is 42.2 Å². The molecule has 32 heavy (non-hydrogen) atoms. The molecule has 1 aromatic carbocycles. The van der Waals surface area contributed by atoms with Gasteiger partial charge in [-0.25, -0.2) is 9.50 Å². The van der Waals surface area contributed by atoms with Crippen molar-refractivity contribution in [1.29, 1.82) is 0 Å². The van der Waals surface area contributed by atoms with E-state index in [-0.39, 0.29) is 23.3 Å². The molecule has 9 heteroatoms. The lowest BCUT2D eigenvalue weighted by Crippen LogP contribution is -2.35. The first-order valence-electron chi connectivity index (χ1n) is 10.7. The van der Waals surface area contributed by atoms with Gasteiger partial charge in [0.25, 0.3) is 5.91 Å². The van der Waals surface area contributed by atoms with Crippen LogP contribution in [0.25, 0.3) is 5.65 Å². The zero-order chi connectivity index (χ0) is 22.3. The fraction of sp³-hybridized carbons (Fsp3) is 0.391. The summed E-state index contributed by atoms with van der Waals surface area (Å²) in [5.41, 5.74) is 2.10. The smallest absolute Gasteiger partial charge is 0.261 e. The summed E-state index contributed by atoms with van der Waals surface area (Å²) in [5, 5.41) is 9.99. The van der Waals surface area contributed by atoms with Crippen molar-refractivity contribution < 1.29 is 19.1 Å². The highest BCUT2D eigenvalue weighted by Crippen LogP contribution is 2.41. The fourth-order valence-corrected chi connectivity index (χ4v) is 4.23. The van der Waals surface area contributed by atoms with Gasteiger partial charge in [0.1, 0.15) is 22.7 Å². The monoisotopic (exact) mass is 435 g/mol. The number of hydrogen-bond donors (Lipinski definition) is 2. The molecule has 2 aromatic heterocycles. The van der Waals surface area contributed by atoms with Gasteiger partial charge in [-0.05, 0) is 32.4 Å². The number of amides is 2. The van der Waals surface area contributed by atoms with Crippen molar-refractivity contribution in [3.8, 4) is 11.5 Å². The lowest BCUT2D eigenvalue weighted by molar-refractivity contribution is -0.123. The predicted octanol–water partition coefficient (Wildman–Crippen LogP) is 2.60. The quantitative estimate of drug-likeness (QED) is 0.638. The van der Waals surface area contributed by atoms with Crippen LogP contribution in [0.1, 0.15) is 42.6 Å². The van der Waals surface area contributed by atoms with E-state index in [4.69, 9.17) is 9.47 Å². The molecule has 0 saturated carbocycles. The number of rotatable bonds is 5. The van der Waals surface area contributed by atoms with Gasteiger partial charge >= 0.3 is 0 Å². The van der Waals surface area contributed by atoms with Gasteiger partial charge in [-0.2, -0.15) is 5.10 Å². The Bertz CT molecular complexity index is 1200. The summed E-state index contributed by atoms with van der Waals surface area (Å²) in [6, 6.07) is 5.49. The van der Waals surface area contributed by atoms with Gasteiger partial charge in [0.05, 0.1) is 18.5 Å². The lowest BCUT2D eigenvalue weighted by Gasteiger charge is -2.23. The third kappa shape index (κ3) is 3.98. The van der Waals surface area contributed by atoms with E-state index in [1.165, 1.54) is 6.20 Å². The molecule has 9 nitrogen and oxygen atoms in total. The van der Waals surface area contributed by atoms with E-state index in [1.54, 1.807) is 23.0 Å². The minimum absolute atomic E-state index is 0.0398. The van der Waals surface area contributed by atoms with Crippen molar-refractivity contribution in [1.82, 2.24) is 19.9 Å². The molecule has 2 aliphatic heterocycles. The summed E-state index contributed by atoms with van der Waals surface area (Å²) in [6.07, 6.45) is 6.88. The molecule has 0 radical (unpaired) electrons. The topological polar surface area (TPSA) is 107 Å². The second kappa shape index (κ2) is 7.81. The molecule has 0 bridgehead atoms. The Labute approximate surface area is 185 Å². The molecule has 1 atom stereocenters. The summed E-state index contributed by atoms with van der Waals surface area (Å²) in [6.45, 7) is 5.09. The molecule has 1 saturated heterocycles. The third-order valence-corrected chi connectivity index (χ3v) is 5.76. The number of anilines is 1. The van der Waals surface area contributed by atoms with Crippen LogP contribution in [0.4, 0.5) is 5.69 Å². The van der Waals surface area contributed by atoms with E-state index in [2.05, 4.69) is 20.7 Å². The van der Waals surface area contributed by atoms with Gasteiger partial charge in [-0.3, -0.25) is 9.59 Å². The minimum Gasteiger partial charge on any atom is -0.491 e. The molecule has 5 rings (SSSR count). The lowest BCUT2D eigenvalue weighted by atomic mass is 9.98. The highest BCUT2D eigenvalue weighted by atomic mass is 16.5. The number of hydrogen-bond acceptors (Lipinski definition) is 6. The summed E-state index contributed by atoms with van der Waals surface area (Å²) in [7, 11) is 0. The van der Waals surface area contributed by atoms with Gasteiger partial charge in [0.15, 0.2) is 5.65 Å². The van der Waals surface area contributed by atoms with Crippen LogP contribution in [0, 0.1) is 5.92 Å². The van der Waals surface area contributed by atoms with Crippen LogP contribution in [0.2, 0.25) is 0 Å². The average molecular weight is 435 g/mol. The zero-order valence-corrected chi connectivity index (χ0v) is 18.1. The van der Waals surface area contributed by atoms with Gasteiger partial charge in [-0.1, -0.05) is 0 Å². The van der Waals surface area contributed by atoms with Crippen LogP contribution in [0.3, 0.4) is 0 Å². The molecule has 4 heterocycles. The zero-order valence-electron chi connectivity index (χ0n) is 18.1. The Morgan fingerprint density at radius 1 is 1.41 bits per heavy atom. The molecule has 2 aliphatic rings. The Kier molecular flexibility index (Phi) is 4.96. The van der Waals surface area contributed by atoms with Crippen LogP contribution >= 0.6 is 0 Å². The molecular formula is C23H25N5O4. The molecule has 0 aliphatic carbocycles. The second-order valence-electron chi connectivity index (χ2n) is 8.91. The SMILES string of the molecule is CC1(C)Cc2cc(NC(=O)c3cnn4cccnc34)c(OC[C@@H]3CCNC(=O)C3)cc2O1. The number of ether oxygens (including phenoxy) is 2. The molecule has 2 N–H and O–H groups in total. The number of nitrogens with zero attached hydrogens (tertiary/aromatic N) is 3. The Balaban J connectivity index is 1.42. The number of carbonyl (C=O) groups excluding carboxylic acids is 2. The first-order chi connectivity index (χ1) is 15.4. The average Bonchev–Trinajstić information content (AvgIpc) is 3.31. The summed E-state index contributed by atoms with van der Waals surface area (Å²) in [5.74, 6) is 1.12. The molecule has 0 spiro atoms. The van der Waals surface area contributed by atoms with Crippen LogP contribution in [0.15, 0.2) is 36.8 Å². The second-order valence-corrected chi connectivity index (χ2v) is 8.91. The van der Waals surface area contributed by atoms with Crippen molar-refractivity contribution in [3.63, 3.8) is 0 Å². The van der Waals surface area contributed by atoms with Gasteiger partial charge in [0.2, 0.25) is 5.91 Å². The standard InChI is InChI=1S/C23H25N5O4/c1-23(2)11-15-9-17(27-22(30)16-12-26-28-7-3-5-25-21(16)28)19(10-18(15)32-23)31-13-14-4-6-24-20(29)8-14/h3,5,7,9-10,12,14H,4,6,8,11,13H2,1-2H3,(H,24,29)(H,27,30)/t14-/m1/s1. The van der Waals surface area contributed by atoms with Crippen molar-refractivity contribution >= 4 is 23.1 Å². The molecule has 166 valence electrons. The first kappa shape index (κ1) is 20.3. The number of piperidine rings is 1. The predicted molar refractivity (Wildman–Crippen MR) is 117 cm³/mol. The first-order valence-corrected chi connectivity index (χ1v) is 10.7. The fourth-order valence-electron chi connectivity index (χ4n) is 4.23. The summed E-state index contributed by atoms with van der Waals surface area (Å²) >= 11 is 0. The molecule has 0 unspecified atom stereocenters. The Morgan fingerprint density at radius 2 is 2.28 bits per heavy atom. The molecule has 1 fully saturated rings. The van der Waals surface area contributed by atoms with Crippen molar-refractivity contribution in [2.45, 2.75) is 38.7 Å². The highest BCUT2D eigenvalue weighted by Gasteiger charge is 2.32. The van der Waals surface area contributed by atoms with E-state index in [0.717, 1.165) is 24.2 Å². The van der Waals surface area contributed by atoms with Gasteiger partial charge in [-0.15, -0.1) is 0 Å². The van der Waals surface area contributed by atoms with Crippen LogP contribution in [-0.4, -0.2) is 45.2 Å². The minimum atomic E-state index is -0.323. The molecular weight excluding hydrogens is 410 g/mol. The maximum atomic E-state index is 13.1. The van der Waals surface area contributed by atoms with Crippen molar-refractivity contribution in [2.75, 3.05) is 18.5 Å². The van der Waals surface area contributed by atoms with Gasteiger partial charge in [0, 0.05) is 49.3 Å². The Hall–Kier alpha value is -3.62. The van der Waals surface area contributed by atoms with Crippen molar-refractivity contribution in [2.24, 2.45) is 5.92 Å². The number of fused-ring (bicyclic) bond motifs is 2. The van der Waals surface area contributed by atoms with Crippen molar-refractivity contribution in [3.05, 3.63) is 47.9 Å². The Morgan fingerprint density at radius 3 is 3.12 bits per heavy atom. The highest BCUT2D eigenvalue weighted by molar-refractivity contribution is 6.08. The van der Waals surface area contributed by atoms with Gasteiger partial charge < -0.3 is 20.1 Å². The van der Waals surface area contributed by atoms with E-state index >= 15 is 0 Å². The summed E-state index contributed by atoms with van der Waals surface area (Å²) in [4.78, 5) is 29.0. The maximum absolute atomic E-state index is 13.1. The maximum Gasteiger partial charge on any atom is 0.261 e. The number of benzene rings is 1. The number of nitrogens with one attached hydrogen (secondary N) is 2. The molecule has 3 aromatic rings. The largest absolute Gasteiger partial charge is 0.491 e. The van der Waals surface area contributed by atoms with E-state index in [9.17, 15) is 9.59 Å². The molecule has 2 amide bonds. The van der Waals surface area contributed by atoms with E-state index < -0.39 is 0 Å². The summed E-state index contributed by atoms with van der Waals surface area (Å²) < 4.78 is 13.7. The van der Waals surface area contributed by atoms with Crippen LogP contribution < -0.4 is 20.1 Å². The van der Waals surface area contributed by atoms with Crippen LogP contribution in [-0.2, 0) is 11.2 Å². The third-order valence-electron chi connectivity index (χ3n) is 5.76.